The molecule has 5 heteroatoms. The van der Waals surface area contributed by atoms with Crippen molar-refractivity contribution in [3.05, 3.63) is 0 Å². The molecule has 0 aromatic heterocycles. The molecule has 0 aromatic carbocycles. The van der Waals surface area contributed by atoms with E-state index in [9.17, 15) is 9.59 Å². The fraction of sp³-hybridized carbons (Fsp3) is 0.857. The van der Waals surface area contributed by atoms with Gasteiger partial charge in [-0.3, -0.25) is 14.9 Å². The molecule has 3 N–H and O–H groups in total. The molecule has 110 valence electrons. The topological polar surface area (TPSA) is 70.2 Å². The van der Waals surface area contributed by atoms with Crippen molar-refractivity contribution in [1.82, 2.24) is 16.0 Å². The number of amides is 2. The third-order valence-electron chi connectivity index (χ3n) is 3.37. The highest BCUT2D eigenvalue weighted by atomic mass is 16.2. The summed E-state index contributed by atoms with van der Waals surface area (Å²) in [6.07, 6.45) is 4.55. The van der Waals surface area contributed by atoms with Gasteiger partial charge in [0.25, 0.3) is 0 Å². The number of nitrogens with one attached hydrogen (secondary N) is 3. The minimum absolute atomic E-state index is 0.0106. The Morgan fingerprint density at radius 1 is 1.16 bits per heavy atom. The highest BCUT2D eigenvalue weighted by Gasteiger charge is 2.20. The standard InChI is InChI=1S/C14H27N3O2/c1-10(2)8-16-13(18)9-15-11(3)14(19)17-12-6-4-5-7-12/h10-12,15H,4-9H2,1-3H3,(H,16,18)(H,17,19). The summed E-state index contributed by atoms with van der Waals surface area (Å²) in [7, 11) is 0. The molecule has 0 saturated heterocycles. The van der Waals surface area contributed by atoms with Crippen molar-refractivity contribution < 1.29 is 9.59 Å². The normalized spacial score (nSPS) is 17.5. The van der Waals surface area contributed by atoms with Crippen LogP contribution in [-0.2, 0) is 9.59 Å². The van der Waals surface area contributed by atoms with Gasteiger partial charge >= 0.3 is 0 Å². The van der Waals surface area contributed by atoms with Crippen molar-refractivity contribution in [2.75, 3.05) is 13.1 Å². The first-order chi connectivity index (χ1) is 8.99. The van der Waals surface area contributed by atoms with Gasteiger partial charge in [-0.15, -0.1) is 0 Å². The Balaban J connectivity index is 2.16. The molecule has 0 spiro atoms. The van der Waals surface area contributed by atoms with Crippen LogP contribution in [0.15, 0.2) is 0 Å². The first kappa shape index (κ1) is 16.0. The van der Waals surface area contributed by atoms with E-state index in [1.807, 2.05) is 13.8 Å². The Morgan fingerprint density at radius 3 is 2.37 bits per heavy atom. The Labute approximate surface area is 115 Å². The lowest BCUT2D eigenvalue weighted by Crippen LogP contribution is -2.48. The fourth-order valence-electron chi connectivity index (χ4n) is 2.12. The summed E-state index contributed by atoms with van der Waals surface area (Å²) in [6.45, 7) is 6.74. The van der Waals surface area contributed by atoms with E-state index >= 15 is 0 Å². The van der Waals surface area contributed by atoms with E-state index in [-0.39, 0.29) is 24.4 Å². The van der Waals surface area contributed by atoms with Gasteiger partial charge in [-0.25, -0.2) is 0 Å². The van der Waals surface area contributed by atoms with Gasteiger partial charge in [0.05, 0.1) is 12.6 Å². The minimum atomic E-state index is -0.328. The molecule has 1 saturated carbocycles. The maximum Gasteiger partial charge on any atom is 0.237 e. The number of hydrogen-bond acceptors (Lipinski definition) is 3. The van der Waals surface area contributed by atoms with E-state index in [0.29, 0.717) is 18.5 Å². The number of rotatable bonds is 7. The van der Waals surface area contributed by atoms with E-state index in [1.165, 1.54) is 12.8 Å². The highest BCUT2D eigenvalue weighted by molar-refractivity contribution is 5.83. The molecule has 0 radical (unpaired) electrons. The lowest BCUT2D eigenvalue weighted by atomic mass is 10.2. The molecule has 1 rings (SSSR count). The van der Waals surface area contributed by atoms with Crippen molar-refractivity contribution in [2.24, 2.45) is 5.92 Å². The first-order valence-corrected chi connectivity index (χ1v) is 7.29. The molecule has 5 nitrogen and oxygen atoms in total. The Bertz CT molecular complexity index is 299. The second kappa shape index (κ2) is 8.15. The molecule has 1 aliphatic carbocycles. The molecule has 1 aliphatic rings. The summed E-state index contributed by atoms with van der Waals surface area (Å²) in [5, 5.41) is 8.79. The van der Waals surface area contributed by atoms with Gasteiger partial charge in [0, 0.05) is 12.6 Å². The Morgan fingerprint density at radius 2 is 1.79 bits per heavy atom. The van der Waals surface area contributed by atoms with E-state index in [4.69, 9.17) is 0 Å². The largest absolute Gasteiger partial charge is 0.355 e. The van der Waals surface area contributed by atoms with Gasteiger partial charge < -0.3 is 10.6 Å². The first-order valence-electron chi connectivity index (χ1n) is 7.29. The SMILES string of the molecule is CC(C)CNC(=O)CNC(C)C(=O)NC1CCCC1. The third kappa shape index (κ3) is 6.57. The Kier molecular flexibility index (Phi) is 6.84. The smallest absolute Gasteiger partial charge is 0.237 e. The average molecular weight is 269 g/mol. The molecule has 0 bridgehead atoms. The number of carbonyl (C=O) groups is 2. The van der Waals surface area contributed by atoms with Gasteiger partial charge in [0.15, 0.2) is 0 Å². The van der Waals surface area contributed by atoms with Crippen molar-refractivity contribution >= 4 is 11.8 Å². The summed E-state index contributed by atoms with van der Waals surface area (Å²) < 4.78 is 0. The van der Waals surface area contributed by atoms with Crippen LogP contribution >= 0.6 is 0 Å². The van der Waals surface area contributed by atoms with E-state index in [1.54, 1.807) is 6.92 Å². The van der Waals surface area contributed by atoms with Crippen LogP contribution in [0.25, 0.3) is 0 Å². The van der Waals surface area contributed by atoms with Crippen LogP contribution in [0.5, 0.6) is 0 Å². The second-order valence-corrected chi connectivity index (χ2v) is 5.79. The maximum absolute atomic E-state index is 11.9. The number of carbonyl (C=O) groups excluding carboxylic acids is 2. The third-order valence-corrected chi connectivity index (χ3v) is 3.37. The van der Waals surface area contributed by atoms with Gasteiger partial charge in [0.2, 0.25) is 11.8 Å². The molecule has 0 aromatic rings. The molecule has 0 heterocycles. The van der Waals surface area contributed by atoms with Crippen LogP contribution in [0.4, 0.5) is 0 Å². The Hall–Kier alpha value is -1.10. The van der Waals surface area contributed by atoms with E-state index in [2.05, 4.69) is 16.0 Å². The molecular weight excluding hydrogens is 242 g/mol. The van der Waals surface area contributed by atoms with E-state index in [0.717, 1.165) is 12.8 Å². The van der Waals surface area contributed by atoms with Crippen LogP contribution < -0.4 is 16.0 Å². The van der Waals surface area contributed by atoms with Crippen molar-refractivity contribution in [1.29, 1.82) is 0 Å². The van der Waals surface area contributed by atoms with Crippen molar-refractivity contribution in [2.45, 2.75) is 58.5 Å². The van der Waals surface area contributed by atoms with E-state index < -0.39 is 0 Å². The number of hydrogen-bond donors (Lipinski definition) is 3. The van der Waals surface area contributed by atoms with Gasteiger partial charge in [-0.1, -0.05) is 26.7 Å². The molecular formula is C14H27N3O2. The zero-order valence-electron chi connectivity index (χ0n) is 12.3. The van der Waals surface area contributed by atoms with Crippen LogP contribution in [-0.4, -0.2) is 37.0 Å². The maximum atomic E-state index is 11.9. The van der Waals surface area contributed by atoms with Crippen LogP contribution in [0.1, 0.15) is 46.5 Å². The minimum Gasteiger partial charge on any atom is -0.355 e. The molecule has 1 fully saturated rings. The van der Waals surface area contributed by atoms with Crippen LogP contribution in [0.2, 0.25) is 0 Å². The molecule has 2 amide bonds. The van der Waals surface area contributed by atoms with Gasteiger partial charge in [0.1, 0.15) is 0 Å². The zero-order valence-corrected chi connectivity index (χ0v) is 12.3. The fourth-order valence-corrected chi connectivity index (χ4v) is 2.12. The second-order valence-electron chi connectivity index (χ2n) is 5.79. The quantitative estimate of drug-likeness (QED) is 0.640. The average Bonchev–Trinajstić information content (AvgIpc) is 2.86. The summed E-state index contributed by atoms with van der Waals surface area (Å²) >= 11 is 0. The van der Waals surface area contributed by atoms with Crippen molar-refractivity contribution in [3.63, 3.8) is 0 Å². The lowest BCUT2D eigenvalue weighted by molar-refractivity contribution is -0.124. The molecule has 1 unspecified atom stereocenters. The molecule has 0 aliphatic heterocycles. The lowest BCUT2D eigenvalue weighted by Gasteiger charge is -2.17. The predicted octanol–water partition coefficient (Wildman–Crippen LogP) is 0.796. The van der Waals surface area contributed by atoms with Crippen LogP contribution in [0, 0.1) is 5.92 Å². The molecule has 1 atom stereocenters. The summed E-state index contributed by atoms with van der Waals surface area (Å²) in [4.78, 5) is 23.4. The molecule has 19 heavy (non-hydrogen) atoms. The predicted molar refractivity (Wildman–Crippen MR) is 75.7 cm³/mol. The van der Waals surface area contributed by atoms with Gasteiger partial charge in [-0.05, 0) is 25.7 Å². The zero-order chi connectivity index (χ0) is 14.3. The van der Waals surface area contributed by atoms with Gasteiger partial charge in [-0.2, -0.15) is 0 Å². The monoisotopic (exact) mass is 269 g/mol. The highest BCUT2D eigenvalue weighted by Crippen LogP contribution is 2.17. The van der Waals surface area contributed by atoms with Crippen LogP contribution in [0.3, 0.4) is 0 Å². The summed E-state index contributed by atoms with van der Waals surface area (Å²) in [5.41, 5.74) is 0. The summed E-state index contributed by atoms with van der Waals surface area (Å²) in [5.74, 6) is 0.366. The van der Waals surface area contributed by atoms with Crippen molar-refractivity contribution in [3.8, 4) is 0 Å². The summed E-state index contributed by atoms with van der Waals surface area (Å²) in [6, 6.07) is -0.00285.